The summed E-state index contributed by atoms with van der Waals surface area (Å²) in [6.07, 6.45) is 17.2. The number of hydrogen-bond donors (Lipinski definition) is 4. The van der Waals surface area contributed by atoms with E-state index in [0.29, 0.717) is 19.4 Å². The number of carbonyl (C=O) groups is 2. The topological polar surface area (TPSA) is 145 Å². The Morgan fingerprint density at radius 1 is 0.827 bits per heavy atom. The minimum atomic E-state index is -3.62. The Morgan fingerprint density at radius 2 is 1.38 bits per heavy atom. The van der Waals surface area contributed by atoms with Crippen molar-refractivity contribution in [3.63, 3.8) is 0 Å². The third kappa shape index (κ3) is 24.0. The summed E-state index contributed by atoms with van der Waals surface area (Å²) >= 11 is 5.33. The lowest BCUT2D eigenvalue weighted by Crippen LogP contribution is -2.42. The summed E-state index contributed by atoms with van der Waals surface area (Å²) in [5, 5.41) is 15.9. The van der Waals surface area contributed by atoms with Gasteiger partial charge in [-0.05, 0) is 86.0 Å². The smallest absolute Gasteiger partial charge is 0.325 e. The molecular formula is C39H77N2O9PS. The fraction of sp³-hybridized carbons (Fsp3) is 0.949. The van der Waals surface area contributed by atoms with Crippen LogP contribution in [0.5, 0.6) is 0 Å². The third-order valence-corrected chi connectivity index (χ3v) is 10.9. The number of carboxylic acid groups (broad SMARTS) is 1. The molecule has 1 fully saturated rings. The van der Waals surface area contributed by atoms with Gasteiger partial charge in [-0.25, -0.2) is 0 Å². The van der Waals surface area contributed by atoms with Gasteiger partial charge in [-0.3, -0.25) is 14.1 Å². The van der Waals surface area contributed by atoms with Gasteiger partial charge in [0.2, 0.25) is 5.91 Å². The zero-order valence-electron chi connectivity index (χ0n) is 34.2. The second kappa shape index (κ2) is 26.2. The maximum Gasteiger partial charge on any atom is 0.325 e. The molecule has 1 saturated heterocycles. The Morgan fingerprint density at radius 3 is 1.88 bits per heavy atom. The summed E-state index contributed by atoms with van der Waals surface area (Å²) in [6, 6.07) is -0.698. The molecule has 0 radical (unpaired) electrons. The van der Waals surface area contributed by atoms with Gasteiger partial charge in [0.1, 0.15) is 24.4 Å². The maximum absolute atomic E-state index is 12.7. The second-order valence-electron chi connectivity index (χ2n) is 16.6. The van der Waals surface area contributed by atoms with Crippen LogP contribution in [0.4, 0.5) is 0 Å². The Kier molecular flexibility index (Phi) is 24.9. The highest BCUT2D eigenvalue weighted by Crippen LogP contribution is 2.51. The molecule has 1 rings (SSSR count). The Labute approximate surface area is 322 Å². The first-order valence-electron chi connectivity index (χ1n) is 20.2. The Hall–Kier alpha value is -0.690. The van der Waals surface area contributed by atoms with Crippen LogP contribution in [0, 0.1) is 0 Å². The minimum Gasteiger partial charge on any atom is -0.480 e. The van der Waals surface area contributed by atoms with Crippen molar-refractivity contribution < 1.29 is 42.8 Å². The number of amides is 1. The van der Waals surface area contributed by atoms with Crippen LogP contribution in [0.2, 0.25) is 0 Å². The molecule has 308 valence electrons. The average molecular weight is 781 g/mol. The summed E-state index contributed by atoms with van der Waals surface area (Å²) in [6.45, 7) is 12.5. The maximum atomic E-state index is 12.7. The van der Waals surface area contributed by atoms with Crippen molar-refractivity contribution in [3.05, 3.63) is 0 Å². The Bertz CT molecular complexity index is 1020. The van der Waals surface area contributed by atoms with Crippen LogP contribution in [0.3, 0.4) is 0 Å². The number of rotatable bonds is 30. The molecule has 0 spiro atoms. The van der Waals surface area contributed by atoms with Gasteiger partial charge in [0, 0.05) is 26.1 Å². The molecule has 4 N–H and O–H groups in total. The van der Waals surface area contributed by atoms with E-state index in [1.807, 2.05) is 27.7 Å². The highest BCUT2D eigenvalue weighted by molar-refractivity contribution is 8.07. The standard InChI is InChI=1S/C39H77N2O9PS/c1-10-11-12-13-14-15-16-17-18-19-20-21-22-24-30(2)41-31(37(43)44)26-27-34(42)40-28-23-25-32-35(46-9)36(33(48-32)29-47-38(3,4)5)49-51(45,52)50-39(6,7)8/h30-33,35-36,41H,10-29H2,1-9H3,(H,40,42)(H,43,44)(H,45,52)/t30?,31-,32-,33+,35-,36+,51?/m0/s1. The zero-order chi connectivity index (χ0) is 39.2. The highest BCUT2D eigenvalue weighted by atomic mass is 32.5. The molecule has 0 aliphatic carbocycles. The number of aliphatic carboxylic acids is 1. The van der Waals surface area contributed by atoms with Crippen molar-refractivity contribution in [3.8, 4) is 0 Å². The van der Waals surface area contributed by atoms with E-state index in [0.717, 1.165) is 12.8 Å². The molecule has 0 aromatic heterocycles. The fourth-order valence-electron chi connectivity index (χ4n) is 6.50. The van der Waals surface area contributed by atoms with Crippen molar-refractivity contribution in [1.29, 1.82) is 0 Å². The average Bonchev–Trinajstić information content (AvgIpc) is 3.35. The van der Waals surface area contributed by atoms with Crippen molar-refractivity contribution in [2.45, 2.75) is 219 Å². The van der Waals surface area contributed by atoms with Gasteiger partial charge >= 0.3 is 12.7 Å². The van der Waals surface area contributed by atoms with E-state index in [-0.39, 0.29) is 37.5 Å². The van der Waals surface area contributed by atoms with E-state index in [1.54, 1.807) is 27.9 Å². The quantitative estimate of drug-likeness (QED) is 0.0411. The largest absolute Gasteiger partial charge is 0.480 e. The second-order valence-corrected chi connectivity index (χ2v) is 19.3. The number of nitrogens with one attached hydrogen (secondary N) is 2. The molecule has 2 unspecified atom stereocenters. The summed E-state index contributed by atoms with van der Waals surface area (Å²) < 4.78 is 29.8. The monoisotopic (exact) mass is 781 g/mol. The van der Waals surface area contributed by atoms with Crippen molar-refractivity contribution in [1.82, 2.24) is 10.6 Å². The number of unbranched alkanes of at least 4 members (excludes halogenated alkanes) is 12. The van der Waals surface area contributed by atoms with E-state index < -0.39 is 48.2 Å². The van der Waals surface area contributed by atoms with Crippen molar-refractivity contribution in [2.75, 3.05) is 20.3 Å². The third-order valence-electron chi connectivity index (χ3n) is 9.18. The molecule has 1 aliphatic heterocycles. The number of ether oxygens (including phenoxy) is 3. The molecule has 0 bridgehead atoms. The Balaban J connectivity index is 2.42. The predicted molar refractivity (Wildman–Crippen MR) is 213 cm³/mol. The van der Waals surface area contributed by atoms with E-state index in [9.17, 15) is 19.6 Å². The van der Waals surface area contributed by atoms with Gasteiger partial charge in [-0.15, -0.1) is 0 Å². The lowest BCUT2D eigenvalue weighted by molar-refractivity contribution is -0.140. The zero-order valence-corrected chi connectivity index (χ0v) is 35.9. The molecule has 13 heteroatoms. The molecular weight excluding hydrogens is 703 g/mol. The van der Waals surface area contributed by atoms with E-state index in [2.05, 4.69) is 17.6 Å². The van der Waals surface area contributed by atoms with Crippen molar-refractivity contribution >= 4 is 30.4 Å². The summed E-state index contributed by atoms with van der Waals surface area (Å²) in [7, 11) is 1.56. The molecule has 0 aromatic carbocycles. The predicted octanol–water partition coefficient (Wildman–Crippen LogP) is 8.59. The summed E-state index contributed by atoms with van der Waals surface area (Å²) in [5.74, 6) is -1.12. The van der Waals surface area contributed by atoms with E-state index in [1.165, 1.54) is 77.0 Å². The lowest BCUT2D eigenvalue weighted by atomic mass is 10.0. The minimum absolute atomic E-state index is 0.0706. The van der Waals surface area contributed by atoms with Gasteiger partial charge in [-0.2, -0.15) is 0 Å². The molecule has 11 nitrogen and oxygen atoms in total. The van der Waals surface area contributed by atoms with Gasteiger partial charge in [0.15, 0.2) is 0 Å². The van der Waals surface area contributed by atoms with Crippen LogP contribution >= 0.6 is 6.72 Å². The molecule has 0 saturated carbocycles. The lowest BCUT2D eigenvalue weighted by Gasteiger charge is -2.31. The molecule has 52 heavy (non-hydrogen) atoms. The van der Waals surface area contributed by atoms with Crippen LogP contribution in [0.15, 0.2) is 0 Å². The van der Waals surface area contributed by atoms with Crippen LogP contribution < -0.4 is 10.6 Å². The van der Waals surface area contributed by atoms with Gasteiger partial charge in [-0.1, -0.05) is 90.4 Å². The van der Waals surface area contributed by atoms with Gasteiger partial charge in [0.05, 0.1) is 23.9 Å². The van der Waals surface area contributed by atoms with Gasteiger partial charge < -0.3 is 39.4 Å². The van der Waals surface area contributed by atoms with Crippen LogP contribution in [-0.2, 0) is 44.7 Å². The van der Waals surface area contributed by atoms with Crippen molar-refractivity contribution in [2.24, 2.45) is 0 Å². The molecule has 1 heterocycles. The van der Waals surface area contributed by atoms with Crippen LogP contribution in [-0.4, -0.2) is 89.8 Å². The number of carboxylic acids is 1. The summed E-state index contributed by atoms with van der Waals surface area (Å²) in [5.41, 5.74) is -1.12. The van der Waals surface area contributed by atoms with Gasteiger partial charge in [0.25, 0.3) is 0 Å². The van der Waals surface area contributed by atoms with E-state index >= 15 is 0 Å². The SMILES string of the molecule is CCCCCCCCCCCCCCCC(C)N[C@@H](CCC(=O)NCCC[C@@H]1O[C@H](COC(C)(C)C)[C@@H](OP(O)(=S)OC(C)(C)C)[C@H]1OC)C(=O)O. The molecule has 0 aromatic rings. The fourth-order valence-corrected chi connectivity index (χ4v) is 8.77. The first-order valence-corrected chi connectivity index (χ1v) is 22.8. The normalized spacial score (nSPS) is 21.9. The number of carbonyl (C=O) groups excluding carboxylic acids is 1. The first kappa shape index (κ1) is 49.3. The van der Waals surface area contributed by atoms with E-state index in [4.69, 9.17) is 35.1 Å². The summed E-state index contributed by atoms with van der Waals surface area (Å²) in [4.78, 5) is 35.5. The molecule has 7 atom stereocenters. The molecule has 1 aliphatic rings. The number of methoxy groups -OCH3 is 1. The molecule has 1 amide bonds. The van der Waals surface area contributed by atoms with Crippen LogP contribution in [0.1, 0.15) is 171 Å². The van der Waals surface area contributed by atoms with Crippen LogP contribution in [0.25, 0.3) is 0 Å². The number of hydrogen-bond acceptors (Lipinski definition) is 9. The first-order chi connectivity index (χ1) is 24.4. The highest BCUT2D eigenvalue weighted by Gasteiger charge is 2.48.